The molecule has 0 saturated carbocycles. The van der Waals surface area contributed by atoms with Crippen LogP contribution >= 0.6 is 0 Å². The number of aromatic nitrogens is 2. The van der Waals surface area contributed by atoms with Gasteiger partial charge in [-0.3, -0.25) is 15.0 Å². The van der Waals surface area contributed by atoms with E-state index in [1.165, 1.54) is 4.90 Å². The average molecular weight is 385 g/mol. The molecule has 9 nitrogen and oxygen atoms in total. The predicted octanol–water partition coefficient (Wildman–Crippen LogP) is 1.99. The van der Waals surface area contributed by atoms with Crippen LogP contribution in [0.2, 0.25) is 0 Å². The van der Waals surface area contributed by atoms with Crippen molar-refractivity contribution in [3.8, 4) is 11.5 Å². The van der Waals surface area contributed by atoms with Gasteiger partial charge in [0, 0.05) is 30.5 Å². The molecule has 1 aromatic heterocycles. The van der Waals surface area contributed by atoms with Crippen LogP contribution in [0.4, 0.5) is 16.4 Å². The van der Waals surface area contributed by atoms with Crippen molar-refractivity contribution in [2.24, 2.45) is 0 Å². The van der Waals surface area contributed by atoms with Crippen LogP contribution in [0.3, 0.4) is 0 Å². The standard InChI is InChI=1S/C19H23N5O4/c1-12-9-13(2)21-18(20-12)22-17(25)11-23-7-8-24(19(23)26)15-10-14(27-3)5-6-16(15)28-4/h5-6,9-10H,7-8,11H2,1-4H3,(H,20,21,22,25). The van der Waals surface area contributed by atoms with Crippen LogP contribution in [0.25, 0.3) is 0 Å². The Bertz CT molecular complexity index is 882. The molecule has 0 bridgehead atoms. The number of rotatable bonds is 6. The summed E-state index contributed by atoms with van der Waals surface area (Å²) in [5.41, 5.74) is 2.13. The highest BCUT2D eigenvalue weighted by atomic mass is 16.5. The second-order valence-corrected chi connectivity index (χ2v) is 6.42. The van der Waals surface area contributed by atoms with E-state index in [0.717, 1.165) is 11.4 Å². The van der Waals surface area contributed by atoms with E-state index in [-0.39, 0.29) is 24.4 Å². The minimum absolute atomic E-state index is 0.0854. The van der Waals surface area contributed by atoms with Crippen molar-refractivity contribution in [3.05, 3.63) is 35.7 Å². The van der Waals surface area contributed by atoms with Crippen LogP contribution in [-0.4, -0.2) is 60.7 Å². The summed E-state index contributed by atoms with van der Waals surface area (Å²) in [5.74, 6) is 1.06. The van der Waals surface area contributed by atoms with Gasteiger partial charge in [0.25, 0.3) is 0 Å². The third-order valence-corrected chi connectivity index (χ3v) is 4.34. The molecule has 1 N–H and O–H groups in total. The number of benzene rings is 1. The second kappa shape index (κ2) is 8.12. The summed E-state index contributed by atoms with van der Waals surface area (Å²) in [6.45, 7) is 4.43. The van der Waals surface area contributed by atoms with Crippen LogP contribution in [-0.2, 0) is 4.79 Å². The number of ether oxygens (including phenoxy) is 2. The molecule has 1 aliphatic rings. The van der Waals surface area contributed by atoms with Crippen molar-refractivity contribution in [1.82, 2.24) is 14.9 Å². The zero-order chi connectivity index (χ0) is 20.3. The van der Waals surface area contributed by atoms with E-state index >= 15 is 0 Å². The molecule has 2 aromatic rings. The maximum atomic E-state index is 12.8. The van der Waals surface area contributed by atoms with E-state index in [1.54, 1.807) is 37.3 Å². The van der Waals surface area contributed by atoms with Crippen LogP contribution in [0.5, 0.6) is 11.5 Å². The Morgan fingerprint density at radius 2 is 1.82 bits per heavy atom. The number of amides is 3. The lowest BCUT2D eigenvalue weighted by molar-refractivity contribution is -0.116. The minimum atomic E-state index is -0.349. The van der Waals surface area contributed by atoms with E-state index in [2.05, 4.69) is 15.3 Å². The lowest BCUT2D eigenvalue weighted by atomic mass is 10.2. The van der Waals surface area contributed by atoms with E-state index < -0.39 is 0 Å². The SMILES string of the molecule is COc1ccc(OC)c(N2CCN(CC(=O)Nc3nc(C)cc(C)n3)C2=O)c1. The summed E-state index contributed by atoms with van der Waals surface area (Å²) in [6.07, 6.45) is 0. The Hall–Kier alpha value is -3.36. The normalized spacial score (nSPS) is 13.6. The average Bonchev–Trinajstić information content (AvgIpc) is 3.00. The molecule has 3 amide bonds. The van der Waals surface area contributed by atoms with Crippen LogP contribution in [0.1, 0.15) is 11.4 Å². The van der Waals surface area contributed by atoms with Gasteiger partial charge in [-0.05, 0) is 32.0 Å². The number of methoxy groups -OCH3 is 2. The van der Waals surface area contributed by atoms with Crippen molar-refractivity contribution < 1.29 is 19.1 Å². The van der Waals surface area contributed by atoms with Crippen molar-refractivity contribution in [3.63, 3.8) is 0 Å². The summed E-state index contributed by atoms with van der Waals surface area (Å²) >= 11 is 0. The second-order valence-electron chi connectivity index (χ2n) is 6.42. The van der Waals surface area contributed by atoms with Gasteiger partial charge in [0.05, 0.1) is 19.9 Å². The first kappa shape index (κ1) is 19.4. The highest BCUT2D eigenvalue weighted by molar-refractivity contribution is 5.99. The fourth-order valence-corrected chi connectivity index (χ4v) is 3.08. The van der Waals surface area contributed by atoms with Crippen molar-refractivity contribution in [1.29, 1.82) is 0 Å². The lowest BCUT2D eigenvalue weighted by Gasteiger charge is -2.21. The molecule has 2 heterocycles. The number of carbonyl (C=O) groups is 2. The molecule has 0 spiro atoms. The molecule has 0 radical (unpaired) electrons. The summed E-state index contributed by atoms with van der Waals surface area (Å²) in [5, 5.41) is 2.65. The molecule has 0 aliphatic carbocycles. The molecule has 1 saturated heterocycles. The molecule has 0 atom stereocenters. The highest BCUT2D eigenvalue weighted by Gasteiger charge is 2.32. The fraction of sp³-hybridized carbons (Fsp3) is 0.368. The highest BCUT2D eigenvalue weighted by Crippen LogP contribution is 2.34. The van der Waals surface area contributed by atoms with Crippen molar-refractivity contribution in [2.75, 3.05) is 44.1 Å². The number of carbonyl (C=O) groups excluding carboxylic acids is 2. The molecule has 1 aliphatic heterocycles. The Kier molecular flexibility index (Phi) is 5.62. The Morgan fingerprint density at radius 1 is 1.11 bits per heavy atom. The van der Waals surface area contributed by atoms with Gasteiger partial charge < -0.3 is 14.4 Å². The third kappa shape index (κ3) is 4.13. The quantitative estimate of drug-likeness (QED) is 0.817. The molecule has 148 valence electrons. The van der Waals surface area contributed by atoms with E-state index in [0.29, 0.717) is 30.3 Å². The first-order valence-corrected chi connectivity index (χ1v) is 8.82. The number of aryl methyl sites for hydroxylation is 2. The summed E-state index contributed by atoms with van der Waals surface area (Å²) in [7, 11) is 3.10. The largest absolute Gasteiger partial charge is 0.497 e. The summed E-state index contributed by atoms with van der Waals surface area (Å²) < 4.78 is 10.6. The number of anilines is 2. The maximum Gasteiger partial charge on any atom is 0.325 e. The Morgan fingerprint density at radius 3 is 2.46 bits per heavy atom. The first-order valence-electron chi connectivity index (χ1n) is 8.82. The van der Waals surface area contributed by atoms with Gasteiger partial charge in [-0.2, -0.15) is 0 Å². The van der Waals surface area contributed by atoms with Crippen molar-refractivity contribution in [2.45, 2.75) is 13.8 Å². The van der Waals surface area contributed by atoms with Gasteiger partial charge in [-0.1, -0.05) is 0 Å². The third-order valence-electron chi connectivity index (χ3n) is 4.34. The number of urea groups is 1. The topological polar surface area (TPSA) is 96.9 Å². The van der Waals surface area contributed by atoms with Gasteiger partial charge >= 0.3 is 6.03 Å². The zero-order valence-corrected chi connectivity index (χ0v) is 16.4. The molecule has 1 aromatic carbocycles. The van der Waals surface area contributed by atoms with Gasteiger partial charge in [0.15, 0.2) is 0 Å². The maximum absolute atomic E-state index is 12.8. The van der Waals surface area contributed by atoms with E-state index in [4.69, 9.17) is 9.47 Å². The lowest BCUT2D eigenvalue weighted by Crippen LogP contribution is -2.37. The number of hydrogen-bond acceptors (Lipinski definition) is 6. The van der Waals surface area contributed by atoms with Gasteiger partial charge in [-0.15, -0.1) is 0 Å². The molecular weight excluding hydrogens is 362 g/mol. The van der Waals surface area contributed by atoms with Crippen LogP contribution in [0, 0.1) is 13.8 Å². The molecule has 28 heavy (non-hydrogen) atoms. The summed E-state index contributed by atoms with van der Waals surface area (Å²) in [6, 6.07) is 6.79. The van der Waals surface area contributed by atoms with Gasteiger partial charge in [0.2, 0.25) is 11.9 Å². The molecular formula is C19H23N5O4. The van der Waals surface area contributed by atoms with Gasteiger partial charge in [-0.25, -0.2) is 14.8 Å². The predicted molar refractivity (Wildman–Crippen MR) is 104 cm³/mol. The van der Waals surface area contributed by atoms with Crippen LogP contribution < -0.4 is 19.7 Å². The number of nitrogens with one attached hydrogen (secondary N) is 1. The Labute approximate surface area is 163 Å². The smallest absolute Gasteiger partial charge is 0.325 e. The molecule has 3 rings (SSSR count). The Balaban J connectivity index is 1.69. The minimum Gasteiger partial charge on any atom is -0.497 e. The monoisotopic (exact) mass is 385 g/mol. The van der Waals surface area contributed by atoms with Crippen LogP contribution in [0.15, 0.2) is 24.3 Å². The van der Waals surface area contributed by atoms with Crippen molar-refractivity contribution >= 4 is 23.6 Å². The summed E-state index contributed by atoms with van der Waals surface area (Å²) in [4.78, 5) is 36.6. The number of hydrogen-bond donors (Lipinski definition) is 1. The molecule has 0 unspecified atom stereocenters. The van der Waals surface area contributed by atoms with Gasteiger partial charge in [0.1, 0.15) is 18.0 Å². The van der Waals surface area contributed by atoms with E-state index in [9.17, 15) is 9.59 Å². The molecule has 1 fully saturated rings. The first-order chi connectivity index (χ1) is 13.4. The number of nitrogens with zero attached hydrogens (tertiary/aromatic N) is 4. The zero-order valence-electron chi connectivity index (χ0n) is 16.4. The van der Waals surface area contributed by atoms with E-state index in [1.807, 2.05) is 19.9 Å². The fourth-order valence-electron chi connectivity index (χ4n) is 3.08. The molecule has 9 heteroatoms.